The van der Waals surface area contributed by atoms with Crippen LogP contribution in [0.25, 0.3) is 0 Å². The zero-order valence-corrected chi connectivity index (χ0v) is 5.27. The minimum Gasteiger partial charge on any atom is -0.483 e. The van der Waals surface area contributed by atoms with Gasteiger partial charge in [0.15, 0.2) is 5.56 Å². The molecule has 0 aromatic rings. The van der Waals surface area contributed by atoms with Crippen LogP contribution in [0.5, 0.6) is 0 Å². The van der Waals surface area contributed by atoms with Crippen molar-refractivity contribution in [3.8, 4) is 0 Å². The summed E-state index contributed by atoms with van der Waals surface area (Å²) < 4.78 is 4.78. The minimum atomic E-state index is -0.212. The van der Waals surface area contributed by atoms with Crippen LogP contribution in [0.4, 0.5) is 0 Å². The third kappa shape index (κ3) is 5.83. The average molecular weight is 121 g/mol. The van der Waals surface area contributed by atoms with Gasteiger partial charge in [0.1, 0.15) is 0 Å². The van der Waals surface area contributed by atoms with E-state index in [9.17, 15) is 0 Å². The van der Waals surface area contributed by atoms with Crippen LogP contribution < -0.4 is 0 Å². The molecular weight excluding hydrogens is 112 g/mol. The molecule has 7 heavy (non-hydrogen) atoms. The fourth-order valence-corrected chi connectivity index (χ4v) is 0.246. The lowest BCUT2D eigenvalue weighted by molar-refractivity contribution is 0.232. The highest BCUT2D eigenvalue weighted by Gasteiger charge is 1.85. The van der Waals surface area contributed by atoms with E-state index in [0.29, 0.717) is 0 Å². The summed E-state index contributed by atoms with van der Waals surface area (Å²) in [7, 11) is 0. The Labute approximate surface area is 48.9 Å². The Kier molecular flexibility index (Phi) is 3.90. The molecule has 0 aliphatic heterocycles. The van der Waals surface area contributed by atoms with Gasteiger partial charge >= 0.3 is 0 Å². The van der Waals surface area contributed by atoms with Crippen molar-refractivity contribution in [3.63, 3.8) is 0 Å². The second-order valence-corrected chi connectivity index (χ2v) is 1.76. The summed E-state index contributed by atoms with van der Waals surface area (Å²) in [5.41, 5.74) is -0.212. The van der Waals surface area contributed by atoms with Crippen LogP contribution in [0.1, 0.15) is 13.8 Å². The van der Waals surface area contributed by atoms with Gasteiger partial charge in [-0.05, 0) is 13.8 Å². The van der Waals surface area contributed by atoms with Crippen molar-refractivity contribution < 1.29 is 4.74 Å². The smallest absolute Gasteiger partial charge is 0.168 e. The molecule has 0 fully saturated rings. The third-order valence-electron chi connectivity index (χ3n) is 0.402. The molecule has 0 heterocycles. The fourth-order valence-electron chi connectivity index (χ4n) is 0.187. The van der Waals surface area contributed by atoms with E-state index in [2.05, 4.69) is 0 Å². The highest BCUT2D eigenvalue weighted by atomic mass is 35.5. The van der Waals surface area contributed by atoms with Crippen molar-refractivity contribution in [2.75, 3.05) is 0 Å². The van der Waals surface area contributed by atoms with Crippen LogP contribution in [0, 0.1) is 0 Å². The minimum absolute atomic E-state index is 0.212. The van der Waals surface area contributed by atoms with Gasteiger partial charge in [-0.1, -0.05) is 17.7 Å². The molecule has 0 spiro atoms. The quantitative estimate of drug-likeness (QED) is 0.401. The molecule has 1 unspecified atom stereocenters. The van der Waals surface area contributed by atoms with Crippen molar-refractivity contribution >= 4 is 11.6 Å². The van der Waals surface area contributed by atoms with Gasteiger partial charge in [0, 0.05) is 0 Å². The van der Waals surface area contributed by atoms with Crippen molar-refractivity contribution in [1.82, 2.24) is 0 Å². The van der Waals surface area contributed by atoms with Crippen LogP contribution in [-0.4, -0.2) is 5.56 Å². The molecule has 0 rings (SSSR count). The van der Waals surface area contributed by atoms with Gasteiger partial charge in [-0.25, -0.2) is 0 Å². The summed E-state index contributed by atoms with van der Waals surface area (Å²) in [5.74, 6) is 0. The molecular formula is C5H9ClO. The van der Waals surface area contributed by atoms with Gasteiger partial charge in [0.05, 0.1) is 6.26 Å². The second-order valence-electron chi connectivity index (χ2n) is 1.15. The van der Waals surface area contributed by atoms with Crippen molar-refractivity contribution in [3.05, 3.63) is 12.3 Å². The lowest BCUT2D eigenvalue weighted by Crippen LogP contribution is -1.89. The Morgan fingerprint density at radius 3 is 2.43 bits per heavy atom. The van der Waals surface area contributed by atoms with E-state index >= 15 is 0 Å². The van der Waals surface area contributed by atoms with Gasteiger partial charge in [0.2, 0.25) is 0 Å². The summed E-state index contributed by atoms with van der Waals surface area (Å²) in [6.45, 7) is 3.64. The number of allylic oxidation sites excluding steroid dienone is 1. The molecule has 0 N–H and O–H groups in total. The van der Waals surface area contributed by atoms with Gasteiger partial charge in [-0.2, -0.15) is 0 Å². The highest BCUT2D eigenvalue weighted by molar-refractivity contribution is 6.19. The van der Waals surface area contributed by atoms with Gasteiger partial charge in [0.25, 0.3) is 0 Å². The first kappa shape index (κ1) is 6.83. The molecule has 0 radical (unpaired) electrons. The highest BCUT2D eigenvalue weighted by Crippen LogP contribution is 1.94. The Morgan fingerprint density at radius 1 is 1.71 bits per heavy atom. The first-order valence-electron chi connectivity index (χ1n) is 2.18. The van der Waals surface area contributed by atoms with E-state index < -0.39 is 0 Å². The maximum absolute atomic E-state index is 5.38. The molecule has 42 valence electrons. The monoisotopic (exact) mass is 120 g/mol. The molecule has 0 aliphatic rings. The van der Waals surface area contributed by atoms with Crippen molar-refractivity contribution in [2.24, 2.45) is 0 Å². The topological polar surface area (TPSA) is 9.23 Å². The van der Waals surface area contributed by atoms with E-state index in [1.54, 1.807) is 19.3 Å². The number of rotatable bonds is 2. The number of hydrogen-bond acceptors (Lipinski definition) is 1. The van der Waals surface area contributed by atoms with Crippen molar-refractivity contribution in [1.29, 1.82) is 0 Å². The SMILES string of the molecule is CC=COC(C)Cl. The lowest BCUT2D eigenvalue weighted by Gasteiger charge is -1.97. The molecule has 0 bridgehead atoms. The molecule has 1 nitrogen and oxygen atoms in total. The zero-order valence-electron chi connectivity index (χ0n) is 4.52. The van der Waals surface area contributed by atoms with E-state index in [1.165, 1.54) is 0 Å². The Bertz CT molecular complexity index is 59.1. The summed E-state index contributed by atoms with van der Waals surface area (Å²) in [6, 6.07) is 0. The van der Waals surface area contributed by atoms with E-state index in [0.717, 1.165) is 0 Å². The number of halogens is 1. The third-order valence-corrected chi connectivity index (χ3v) is 0.505. The first-order valence-corrected chi connectivity index (χ1v) is 2.61. The summed E-state index contributed by atoms with van der Waals surface area (Å²) >= 11 is 5.38. The zero-order chi connectivity index (χ0) is 5.70. The van der Waals surface area contributed by atoms with E-state index in [1.807, 2.05) is 6.92 Å². The number of alkyl halides is 1. The molecule has 0 amide bonds. The predicted molar refractivity (Wildman–Crippen MR) is 31.2 cm³/mol. The number of ether oxygens (including phenoxy) is 1. The van der Waals surface area contributed by atoms with Gasteiger partial charge in [-0.3, -0.25) is 0 Å². The largest absolute Gasteiger partial charge is 0.483 e. The van der Waals surface area contributed by atoms with Crippen LogP contribution in [0.3, 0.4) is 0 Å². The predicted octanol–water partition coefficient (Wildman–Crippen LogP) is 2.12. The van der Waals surface area contributed by atoms with Crippen LogP contribution in [0.2, 0.25) is 0 Å². The standard InChI is InChI=1S/C5H9ClO/c1-3-4-7-5(2)6/h3-5H,1-2H3. The Balaban J connectivity index is 2.97. The Hall–Kier alpha value is -0.170. The number of hydrogen-bond donors (Lipinski definition) is 0. The molecule has 0 aromatic heterocycles. The fraction of sp³-hybridized carbons (Fsp3) is 0.600. The van der Waals surface area contributed by atoms with Crippen LogP contribution >= 0.6 is 11.6 Å². The molecule has 0 aromatic carbocycles. The summed E-state index contributed by atoms with van der Waals surface area (Å²) in [5, 5.41) is 0. The summed E-state index contributed by atoms with van der Waals surface area (Å²) in [6.07, 6.45) is 3.36. The molecule has 2 heteroatoms. The van der Waals surface area contributed by atoms with Gasteiger partial charge < -0.3 is 4.74 Å². The van der Waals surface area contributed by atoms with Crippen LogP contribution in [0.15, 0.2) is 12.3 Å². The molecule has 0 saturated carbocycles. The van der Waals surface area contributed by atoms with E-state index in [-0.39, 0.29) is 5.56 Å². The van der Waals surface area contributed by atoms with E-state index in [4.69, 9.17) is 16.3 Å². The normalized spacial score (nSPS) is 14.7. The van der Waals surface area contributed by atoms with Crippen LogP contribution in [-0.2, 0) is 4.74 Å². The maximum atomic E-state index is 5.38. The molecule has 0 aliphatic carbocycles. The second kappa shape index (κ2) is 4.00. The first-order chi connectivity index (χ1) is 3.27. The molecule has 1 atom stereocenters. The lowest BCUT2D eigenvalue weighted by atomic mass is 10.7. The maximum Gasteiger partial charge on any atom is 0.168 e. The summed E-state index contributed by atoms with van der Waals surface area (Å²) in [4.78, 5) is 0. The molecule has 0 saturated heterocycles. The van der Waals surface area contributed by atoms with Gasteiger partial charge in [-0.15, -0.1) is 0 Å². The van der Waals surface area contributed by atoms with Crippen molar-refractivity contribution in [2.45, 2.75) is 19.4 Å². The Morgan fingerprint density at radius 2 is 2.29 bits per heavy atom. The average Bonchev–Trinajstić information content (AvgIpc) is 1.61.